The zero-order valence-corrected chi connectivity index (χ0v) is 19.6. The fourth-order valence-electron chi connectivity index (χ4n) is 3.51. The van der Waals surface area contributed by atoms with E-state index in [1.54, 1.807) is 23.5 Å². The van der Waals surface area contributed by atoms with Crippen LogP contribution in [0.25, 0.3) is 15.3 Å². The summed E-state index contributed by atoms with van der Waals surface area (Å²) in [6, 6.07) is 9.35. The molecule has 6 nitrogen and oxygen atoms in total. The molecule has 0 radical (unpaired) electrons. The first-order chi connectivity index (χ1) is 14.7. The number of benzene rings is 2. The number of hydrogen-bond donors (Lipinski definition) is 1. The number of halogens is 1. The van der Waals surface area contributed by atoms with E-state index in [0.717, 1.165) is 49.1 Å². The lowest BCUT2D eigenvalue weighted by Crippen LogP contribution is -2.21. The van der Waals surface area contributed by atoms with Crippen LogP contribution in [0.1, 0.15) is 28.1 Å². The van der Waals surface area contributed by atoms with Crippen LogP contribution in [0.2, 0.25) is 5.02 Å². The Morgan fingerprint density at radius 2 is 1.90 bits per heavy atom. The molecule has 0 aliphatic heterocycles. The van der Waals surface area contributed by atoms with Gasteiger partial charge in [0.25, 0.3) is 5.91 Å². The number of nitrogens with zero attached hydrogens (tertiary/aromatic N) is 3. The molecule has 2 aromatic heterocycles. The molecule has 2 heterocycles. The number of amides is 1. The van der Waals surface area contributed by atoms with E-state index in [-0.39, 0.29) is 12.5 Å². The van der Waals surface area contributed by atoms with E-state index in [1.807, 2.05) is 57.5 Å². The van der Waals surface area contributed by atoms with Crippen LogP contribution in [0.4, 0.5) is 5.69 Å². The number of fused-ring (bicyclic) bond motifs is 1. The fraction of sp³-hybridized carbons (Fsp3) is 0.261. The number of thiazole rings is 1. The van der Waals surface area contributed by atoms with E-state index in [0.29, 0.717) is 10.8 Å². The standard InChI is InChI=1S/C23H23ClN4O2S/c1-12-8-17(6-7-18(12)24)30-11-20(29)26-21-13(2)9-19-22(16(21)5)31-23(25-19)28-15(4)10-14(3)27-28/h6-10H,11H2,1-5H3,(H,26,29). The van der Waals surface area contributed by atoms with Crippen LogP contribution in [0.5, 0.6) is 5.75 Å². The van der Waals surface area contributed by atoms with Crippen molar-refractivity contribution in [1.29, 1.82) is 0 Å². The number of aromatic nitrogens is 3. The van der Waals surface area contributed by atoms with Gasteiger partial charge in [0.05, 0.1) is 15.9 Å². The number of ether oxygens (including phenoxy) is 1. The van der Waals surface area contributed by atoms with E-state index < -0.39 is 0 Å². The second-order valence-corrected chi connectivity index (χ2v) is 9.01. The number of nitrogens with one attached hydrogen (secondary N) is 1. The minimum atomic E-state index is -0.221. The third-order valence-corrected chi connectivity index (χ3v) is 6.65. The van der Waals surface area contributed by atoms with Crippen molar-refractivity contribution in [3.8, 4) is 10.9 Å². The van der Waals surface area contributed by atoms with Gasteiger partial charge in [0, 0.05) is 16.4 Å². The molecule has 0 aliphatic rings. The average Bonchev–Trinajstić information content (AvgIpc) is 3.28. The van der Waals surface area contributed by atoms with E-state index in [9.17, 15) is 4.79 Å². The SMILES string of the molecule is Cc1cc(C)n(-c2nc3cc(C)c(NC(=O)COc4ccc(Cl)c(C)c4)c(C)c3s2)n1. The molecule has 160 valence electrons. The Bertz CT molecular complexity index is 1310. The second-order valence-electron chi connectivity index (χ2n) is 7.62. The largest absolute Gasteiger partial charge is 0.484 e. The summed E-state index contributed by atoms with van der Waals surface area (Å²) in [4.78, 5) is 17.3. The molecule has 8 heteroatoms. The molecule has 4 rings (SSSR count). The van der Waals surface area contributed by atoms with Gasteiger partial charge in [-0.15, -0.1) is 0 Å². The monoisotopic (exact) mass is 454 g/mol. The third kappa shape index (κ3) is 4.29. The van der Waals surface area contributed by atoms with Gasteiger partial charge in [-0.3, -0.25) is 4.79 Å². The van der Waals surface area contributed by atoms with Crippen molar-refractivity contribution in [1.82, 2.24) is 14.8 Å². The van der Waals surface area contributed by atoms with Gasteiger partial charge < -0.3 is 10.1 Å². The molecule has 1 N–H and O–H groups in total. The Balaban J connectivity index is 1.56. The summed E-state index contributed by atoms with van der Waals surface area (Å²) in [6.45, 7) is 9.75. The molecule has 0 fully saturated rings. The summed E-state index contributed by atoms with van der Waals surface area (Å²) in [5.74, 6) is 0.388. The Morgan fingerprint density at radius 1 is 1.13 bits per heavy atom. The average molecular weight is 455 g/mol. The van der Waals surface area contributed by atoms with Crippen LogP contribution < -0.4 is 10.1 Å². The third-order valence-electron chi connectivity index (χ3n) is 5.06. The molecule has 2 aromatic carbocycles. The first-order valence-corrected chi connectivity index (χ1v) is 11.1. The number of carbonyl (C=O) groups is 1. The smallest absolute Gasteiger partial charge is 0.262 e. The Morgan fingerprint density at radius 3 is 2.58 bits per heavy atom. The molecule has 0 aliphatic carbocycles. The molecule has 0 unspecified atom stereocenters. The lowest BCUT2D eigenvalue weighted by Gasteiger charge is -2.13. The quantitative estimate of drug-likeness (QED) is 0.420. The van der Waals surface area contributed by atoms with Crippen molar-refractivity contribution < 1.29 is 9.53 Å². The predicted octanol–water partition coefficient (Wildman–Crippen LogP) is 5.70. The van der Waals surface area contributed by atoms with E-state index in [2.05, 4.69) is 10.4 Å². The molecular weight excluding hydrogens is 432 g/mol. The minimum absolute atomic E-state index is 0.0856. The minimum Gasteiger partial charge on any atom is -0.484 e. The lowest BCUT2D eigenvalue weighted by molar-refractivity contribution is -0.118. The molecule has 0 spiro atoms. The van der Waals surface area contributed by atoms with Crippen LogP contribution in [0, 0.1) is 34.6 Å². The number of rotatable bonds is 5. The van der Waals surface area contributed by atoms with Crippen molar-refractivity contribution in [3.05, 3.63) is 63.4 Å². The highest BCUT2D eigenvalue weighted by Crippen LogP contribution is 2.34. The summed E-state index contributed by atoms with van der Waals surface area (Å²) in [6.07, 6.45) is 0. The maximum atomic E-state index is 12.6. The van der Waals surface area contributed by atoms with Gasteiger partial charge in [-0.2, -0.15) is 5.10 Å². The Labute approximate surface area is 189 Å². The first kappa shape index (κ1) is 21.3. The van der Waals surface area contributed by atoms with Crippen LogP contribution in [0.3, 0.4) is 0 Å². The molecule has 0 saturated heterocycles. The molecule has 4 aromatic rings. The van der Waals surface area contributed by atoms with Crippen molar-refractivity contribution >= 4 is 44.7 Å². The van der Waals surface area contributed by atoms with E-state index >= 15 is 0 Å². The van der Waals surface area contributed by atoms with Crippen molar-refractivity contribution in [2.75, 3.05) is 11.9 Å². The highest BCUT2D eigenvalue weighted by Gasteiger charge is 2.17. The summed E-state index contributed by atoms with van der Waals surface area (Å²) >= 11 is 7.60. The topological polar surface area (TPSA) is 69.0 Å². The van der Waals surface area contributed by atoms with Gasteiger partial charge in [0.15, 0.2) is 6.61 Å². The van der Waals surface area contributed by atoms with Gasteiger partial charge in [0.2, 0.25) is 5.13 Å². The summed E-state index contributed by atoms with van der Waals surface area (Å²) in [7, 11) is 0. The highest BCUT2D eigenvalue weighted by atomic mass is 35.5. The van der Waals surface area contributed by atoms with Crippen LogP contribution in [0.15, 0.2) is 30.3 Å². The van der Waals surface area contributed by atoms with Gasteiger partial charge in [-0.1, -0.05) is 22.9 Å². The van der Waals surface area contributed by atoms with Crippen LogP contribution in [-0.4, -0.2) is 27.3 Å². The number of carbonyl (C=O) groups excluding carboxylic acids is 1. The summed E-state index contributed by atoms with van der Waals surface area (Å²) in [5, 5.41) is 9.01. The number of hydrogen-bond acceptors (Lipinski definition) is 5. The highest BCUT2D eigenvalue weighted by molar-refractivity contribution is 7.21. The number of anilines is 1. The van der Waals surface area contributed by atoms with Crippen LogP contribution in [-0.2, 0) is 4.79 Å². The zero-order valence-electron chi connectivity index (χ0n) is 18.0. The number of aryl methyl sites for hydroxylation is 5. The van der Waals surface area contributed by atoms with Gasteiger partial charge >= 0.3 is 0 Å². The maximum absolute atomic E-state index is 12.6. The predicted molar refractivity (Wildman–Crippen MR) is 126 cm³/mol. The zero-order chi connectivity index (χ0) is 22.3. The lowest BCUT2D eigenvalue weighted by atomic mass is 10.1. The van der Waals surface area contributed by atoms with Crippen molar-refractivity contribution in [2.45, 2.75) is 34.6 Å². The van der Waals surface area contributed by atoms with Crippen molar-refractivity contribution in [3.63, 3.8) is 0 Å². The Hall–Kier alpha value is -2.90. The Kier molecular flexibility index (Phi) is 5.73. The van der Waals surface area contributed by atoms with Crippen LogP contribution >= 0.6 is 22.9 Å². The van der Waals surface area contributed by atoms with Crippen molar-refractivity contribution in [2.24, 2.45) is 0 Å². The summed E-state index contributed by atoms with van der Waals surface area (Å²) in [5.41, 5.74) is 6.51. The van der Waals surface area contributed by atoms with E-state index in [4.69, 9.17) is 21.3 Å². The molecule has 0 saturated carbocycles. The molecule has 0 atom stereocenters. The van der Waals surface area contributed by atoms with Gasteiger partial charge in [-0.25, -0.2) is 9.67 Å². The second kappa shape index (κ2) is 8.32. The first-order valence-electron chi connectivity index (χ1n) is 9.86. The molecule has 1 amide bonds. The van der Waals surface area contributed by atoms with E-state index in [1.165, 1.54) is 0 Å². The summed E-state index contributed by atoms with van der Waals surface area (Å²) < 4.78 is 8.51. The molecule has 0 bridgehead atoms. The molecular formula is C23H23ClN4O2S. The normalized spacial score (nSPS) is 11.2. The molecule has 31 heavy (non-hydrogen) atoms. The van der Waals surface area contributed by atoms with Gasteiger partial charge in [0.1, 0.15) is 5.75 Å². The van der Waals surface area contributed by atoms with Gasteiger partial charge in [-0.05, 0) is 81.6 Å². The maximum Gasteiger partial charge on any atom is 0.262 e. The fourth-order valence-corrected chi connectivity index (χ4v) is 4.69.